The highest BCUT2D eigenvalue weighted by atomic mass is 32.2. The fourth-order valence-corrected chi connectivity index (χ4v) is 4.18. The molecule has 0 radical (unpaired) electrons. The van der Waals surface area contributed by atoms with E-state index in [1.165, 1.54) is 6.92 Å². The van der Waals surface area contributed by atoms with Crippen molar-refractivity contribution in [1.29, 1.82) is 0 Å². The van der Waals surface area contributed by atoms with Crippen LogP contribution < -0.4 is 9.73 Å². The molecule has 1 N–H and O–H groups in total. The zero-order chi connectivity index (χ0) is 20.3. The first-order chi connectivity index (χ1) is 13.2. The van der Waals surface area contributed by atoms with Crippen LogP contribution in [0.3, 0.4) is 0 Å². The summed E-state index contributed by atoms with van der Waals surface area (Å²) in [5, 5.41) is 6.10. The van der Waals surface area contributed by atoms with Gasteiger partial charge in [0.25, 0.3) is 5.91 Å². The molecule has 0 aromatic heterocycles. The van der Waals surface area contributed by atoms with Crippen molar-refractivity contribution >= 4 is 33.1 Å². The lowest BCUT2D eigenvalue weighted by Gasteiger charge is -2.32. The van der Waals surface area contributed by atoms with Gasteiger partial charge < -0.3 is 4.90 Å². The molecule has 0 aliphatic carbocycles. The number of sulfonamides is 1. The minimum atomic E-state index is -3.25. The number of benzene rings is 1. The molecule has 28 heavy (non-hydrogen) atoms. The summed E-state index contributed by atoms with van der Waals surface area (Å²) in [7, 11) is -3.25. The fourth-order valence-electron chi connectivity index (χ4n) is 3.64. The second kappa shape index (κ2) is 8.40. The highest BCUT2D eigenvalue weighted by Gasteiger charge is 2.36. The standard InChI is InChI=1S/C19H26N4O4S/c1-14(24)18-11-17(21-23(18)16-8-4-3-5-9-16)19(25)22-10-6-7-15(13-22)12-20-28(2,26)27/h3-5,8-9,15,18,20H,6-7,10-13H2,1-2H3. The lowest BCUT2D eigenvalue weighted by atomic mass is 9.97. The third kappa shape index (κ3) is 4.96. The second-order valence-corrected chi connectivity index (χ2v) is 9.27. The van der Waals surface area contributed by atoms with E-state index in [0.29, 0.717) is 25.3 Å². The Labute approximate surface area is 165 Å². The summed E-state index contributed by atoms with van der Waals surface area (Å²) < 4.78 is 25.2. The Morgan fingerprint density at radius 2 is 1.96 bits per heavy atom. The zero-order valence-electron chi connectivity index (χ0n) is 16.2. The third-order valence-electron chi connectivity index (χ3n) is 5.09. The van der Waals surface area contributed by atoms with Crippen molar-refractivity contribution < 1.29 is 18.0 Å². The Morgan fingerprint density at radius 1 is 1.25 bits per heavy atom. The average Bonchev–Trinajstić information content (AvgIpc) is 3.12. The second-order valence-electron chi connectivity index (χ2n) is 7.44. The first-order valence-electron chi connectivity index (χ1n) is 9.40. The summed E-state index contributed by atoms with van der Waals surface area (Å²) >= 11 is 0. The average molecular weight is 407 g/mol. The van der Waals surface area contributed by atoms with Gasteiger partial charge >= 0.3 is 0 Å². The molecule has 1 saturated heterocycles. The van der Waals surface area contributed by atoms with Crippen molar-refractivity contribution in [3.05, 3.63) is 30.3 Å². The van der Waals surface area contributed by atoms with Gasteiger partial charge in [0.2, 0.25) is 10.0 Å². The number of hydrazone groups is 1. The molecule has 2 unspecified atom stereocenters. The summed E-state index contributed by atoms with van der Waals surface area (Å²) in [6, 6.07) is 8.86. The first-order valence-corrected chi connectivity index (χ1v) is 11.3. The molecule has 2 aliphatic rings. The molecule has 3 rings (SSSR count). The van der Waals surface area contributed by atoms with Crippen LogP contribution in [0.4, 0.5) is 5.69 Å². The van der Waals surface area contributed by atoms with Gasteiger partial charge in [0.05, 0.1) is 11.9 Å². The van der Waals surface area contributed by atoms with Crippen LogP contribution in [-0.4, -0.2) is 62.7 Å². The Balaban J connectivity index is 1.71. The maximum atomic E-state index is 13.0. The van der Waals surface area contributed by atoms with Gasteiger partial charge in [-0.05, 0) is 37.8 Å². The van der Waals surface area contributed by atoms with Crippen molar-refractivity contribution in [2.75, 3.05) is 30.9 Å². The van der Waals surface area contributed by atoms with Crippen LogP contribution in [0.15, 0.2) is 35.4 Å². The van der Waals surface area contributed by atoms with E-state index < -0.39 is 16.1 Å². The number of anilines is 1. The quantitative estimate of drug-likeness (QED) is 0.760. The van der Waals surface area contributed by atoms with Gasteiger partial charge in [0, 0.05) is 26.1 Å². The number of nitrogens with zero attached hydrogens (tertiary/aromatic N) is 3. The molecule has 0 bridgehead atoms. The van der Waals surface area contributed by atoms with Crippen molar-refractivity contribution in [2.24, 2.45) is 11.0 Å². The van der Waals surface area contributed by atoms with Crippen LogP contribution in [0.5, 0.6) is 0 Å². The van der Waals surface area contributed by atoms with E-state index in [9.17, 15) is 18.0 Å². The van der Waals surface area contributed by atoms with Gasteiger partial charge in [0.1, 0.15) is 11.8 Å². The molecule has 1 fully saturated rings. The summed E-state index contributed by atoms with van der Waals surface area (Å²) in [5.74, 6) is -0.138. The van der Waals surface area contributed by atoms with Crippen molar-refractivity contribution in [3.63, 3.8) is 0 Å². The number of carbonyl (C=O) groups excluding carboxylic acids is 2. The van der Waals surface area contributed by atoms with Crippen LogP contribution in [0, 0.1) is 5.92 Å². The molecule has 2 aliphatic heterocycles. The van der Waals surface area contributed by atoms with Crippen LogP contribution in [0.2, 0.25) is 0 Å². The van der Waals surface area contributed by atoms with E-state index in [1.807, 2.05) is 30.3 Å². The molecule has 2 atom stereocenters. The summed E-state index contributed by atoms with van der Waals surface area (Å²) in [5.41, 5.74) is 1.15. The predicted octanol–water partition coefficient (Wildman–Crippen LogP) is 0.998. The topological polar surface area (TPSA) is 99.2 Å². The normalized spacial score (nSPS) is 22.9. The maximum Gasteiger partial charge on any atom is 0.270 e. The zero-order valence-corrected chi connectivity index (χ0v) is 17.0. The van der Waals surface area contributed by atoms with Gasteiger partial charge in [-0.25, -0.2) is 13.1 Å². The highest BCUT2D eigenvalue weighted by Crippen LogP contribution is 2.26. The molecule has 8 nitrogen and oxygen atoms in total. The number of para-hydroxylation sites is 1. The van der Waals surface area contributed by atoms with E-state index in [1.54, 1.807) is 9.91 Å². The maximum absolute atomic E-state index is 13.0. The number of carbonyl (C=O) groups is 2. The van der Waals surface area contributed by atoms with Crippen molar-refractivity contribution in [2.45, 2.75) is 32.2 Å². The van der Waals surface area contributed by atoms with Crippen LogP contribution >= 0.6 is 0 Å². The lowest BCUT2D eigenvalue weighted by molar-refractivity contribution is -0.125. The molecule has 0 spiro atoms. The molecular formula is C19H26N4O4S. The number of rotatable bonds is 6. The molecule has 2 heterocycles. The van der Waals surface area contributed by atoms with Gasteiger partial charge in [-0.3, -0.25) is 14.6 Å². The molecule has 9 heteroatoms. The van der Waals surface area contributed by atoms with Gasteiger partial charge in [0.15, 0.2) is 5.78 Å². The molecule has 1 aromatic rings. The minimum Gasteiger partial charge on any atom is -0.337 e. The molecule has 152 valence electrons. The van der Waals surface area contributed by atoms with E-state index in [2.05, 4.69) is 9.82 Å². The highest BCUT2D eigenvalue weighted by molar-refractivity contribution is 7.88. The van der Waals surface area contributed by atoms with Crippen molar-refractivity contribution in [1.82, 2.24) is 9.62 Å². The van der Waals surface area contributed by atoms with Gasteiger partial charge in [-0.15, -0.1) is 0 Å². The van der Waals surface area contributed by atoms with Crippen LogP contribution in [0.1, 0.15) is 26.2 Å². The Kier molecular flexibility index (Phi) is 6.14. The van der Waals surface area contributed by atoms with E-state index in [4.69, 9.17) is 0 Å². The van der Waals surface area contributed by atoms with Gasteiger partial charge in [-0.2, -0.15) is 5.10 Å². The largest absolute Gasteiger partial charge is 0.337 e. The smallest absolute Gasteiger partial charge is 0.270 e. The summed E-state index contributed by atoms with van der Waals surface area (Å²) in [6.07, 6.45) is 3.09. The monoisotopic (exact) mass is 406 g/mol. The summed E-state index contributed by atoms with van der Waals surface area (Å²) in [6.45, 7) is 2.93. The summed E-state index contributed by atoms with van der Waals surface area (Å²) in [4.78, 5) is 26.8. The first kappa shape index (κ1) is 20.5. The lowest BCUT2D eigenvalue weighted by Crippen LogP contribution is -2.46. The minimum absolute atomic E-state index is 0.0377. The molecule has 1 amide bonds. The van der Waals surface area contributed by atoms with Crippen molar-refractivity contribution in [3.8, 4) is 0 Å². The predicted molar refractivity (Wildman–Crippen MR) is 108 cm³/mol. The Hall–Kier alpha value is -2.26. The van der Waals surface area contributed by atoms with E-state index in [-0.39, 0.29) is 24.0 Å². The Morgan fingerprint density at radius 3 is 2.61 bits per heavy atom. The number of ketones is 1. The molecule has 0 saturated carbocycles. The number of nitrogens with one attached hydrogen (secondary N) is 1. The number of piperidine rings is 1. The number of hydrogen-bond donors (Lipinski definition) is 1. The molecular weight excluding hydrogens is 380 g/mol. The number of Topliss-reactive ketones (excluding diaryl/α,β-unsaturated/α-hetero) is 1. The van der Waals surface area contributed by atoms with E-state index in [0.717, 1.165) is 24.8 Å². The number of hydrogen-bond acceptors (Lipinski definition) is 6. The van der Waals surface area contributed by atoms with Gasteiger partial charge in [-0.1, -0.05) is 18.2 Å². The SMILES string of the molecule is CC(=O)C1CC(C(=O)N2CCCC(CNS(C)(=O)=O)C2)=NN1c1ccccc1. The number of amides is 1. The van der Waals surface area contributed by atoms with Crippen LogP contribution in [-0.2, 0) is 19.6 Å². The fraction of sp³-hybridized carbons (Fsp3) is 0.526. The Bertz CT molecular complexity index is 869. The number of likely N-dealkylation sites (tertiary alicyclic amines) is 1. The molecule has 1 aromatic carbocycles. The third-order valence-corrected chi connectivity index (χ3v) is 5.78. The van der Waals surface area contributed by atoms with E-state index >= 15 is 0 Å². The van der Waals surface area contributed by atoms with Crippen LogP contribution in [0.25, 0.3) is 0 Å².